The highest BCUT2D eigenvalue weighted by Gasteiger charge is 2.18. The molecule has 0 unspecified atom stereocenters. The van der Waals surface area contributed by atoms with Gasteiger partial charge in [0, 0.05) is 30.7 Å². The number of fused-ring (bicyclic) bond motifs is 3. The highest BCUT2D eigenvalue weighted by atomic mass is 32.1. The number of amides is 1. The fourth-order valence-electron chi connectivity index (χ4n) is 2.62. The van der Waals surface area contributed by atoms with E-state index in [1.54, 1.807) is 23.7 Å². The van der Waals surface area contributed by atoms with Crippen molar-refractivity contribution in [3.8, 4) is 16.3 Å². The molecule has 1 aromatic carbocycles. The van der Waals surface area contributed by atoms with E-state index in [1.165, 1.54) is 12.5 Å². The Morgan fingerprint density at radius 2 is 2.27 bits per heavy atom. The lowest BCUT2D eigenvalue weighted by Crippen LogP contribution is -2.05. The minimum atomic E-state index is -0.113. The predicted molar refractivity (Wildman–Crippen MR) is 86.4 cm³/mol. The van der Waals surface area contributed by atoms with Crippen molar-refractivity contribution in [1.29, 1.82) is 0 Å². The van der Waals surface area contributed by atoms with E-state index in [0.717, 1.165) is 39.6 Å². The Balaban J connectivity index is 1.80. The maximum absolute atomic E-state index is 11.2. The number of thiazole rings is 1. The molecule has 0 fully saturated rings. The number of rotatable bonds is 2. The molecule has 5 nitrogen and oxygen atoms in total. The van der Waals surface area contributed by atoms with E-state index in [2.05, 4.69) is 10.3 Å². The van der Waals surface area contributed by atoms with Crippen LogP contribution in [0.5, 0.6) is 5.75 Å². The number of hydrogen-bond donors (Lipinski definition) is 1. The first-order valence-corrected chi connectivity index (χ1v) is 7.80. The fraction of sp³-hybridized carbons (Fsp3) is 0.188. The van der Waals surface area contributed by atoms with E-state index in [1.807, 2.05) is 18.2 Å². The molecule has 0 saturated carbocycles. The third-order valence-corrected chi connectivity index (χ3v) is 4.61. The predicted octanol–water partition coefficient (Wildman–Crippen LogP) is 3.25. The number of hydrogen-bond acceptors (Lipinski definition) is 5. The maximum atomic E-state index is 11.2. The second-order valence-corrected chi connectivity index (χ2v) is 6.18. The highest BCUT2D eigenvalue weighted by Crippen LogP contribution is 2.37. The second-order valence-electron chi connectivity index (χ2n) is 5.15. The molecule has 110 valence electrons. The molecular formula is C16H13N3O2S. The zero-order chi connectivity index (χ0) is 15.1. The van der Waals surface area contributed by atoms with E-state index in [-0.39, 0.29) is 5.91 Å². The summed E-state index contributed by atoms with van der Waals surface area (Å²) in [6.07, 6.45) is 4.30. The number of ether oxygens (including phenoxy) is 1. The van der Waals surface area contributed by atoms with Crippen LogP contribution in [0.15, 0.2) is 30.6 Å². The third kappa shape index (κ3) is 2.21. The molecule has 0 spiro atoms. The molecule has 1 amide bonds. The molecule has 0 aliphatic carbocycles. The molecule has 3 heterocycles. The minimum absolute atomic E-state index is 0.113. The van der Waals surface area contributed by atoms with Gasteiger partial charge in [-0.2, -0.15) is 0 Å². The van der Waals surface area contributed by atoms with Gasteiger partial charge < -0.3 is 10.1 Å². The maximum Gasteiger partial charge on any atom is 0.221 e. The van der Waals surface area contributed by atoms with E-state index in [9.17, 15) is 4.79 Å². The summed E-state index contributed by atoms with van der Waals surface area (Å²) in [7, 11) is 0. The Hall–Kier alpha value is -2.47. The van der Waals surface area contributed by atoms with Crippen molar-refractivity contribution in [1.82, 2.24) is 9.97 Å². The lowest BCUT2D eigenvalue weighted by Gasteiger charge is -2.02. The third-order valence-electron chi connectivity index (χ3n) is 3.54. The smallest absolute Gasteiger partial charge is 0.221 e. The summed E-state index contributed by atoms with van der Waals surface area (Å²) >= 11 is 1.62. The van der Waals surface area contributed by atoms with E-state index in [0.29, 0.717) is 5.69 Å². The van der Waals surface area contributed by atoms with Crippen molar-refractivity contribution < 1.29 is 9.53 Å². The standard InChI is InChI=1S/C16H13N3O2S/c1-9(20)18-11-6-10(7-17-8-11)16-19-15-12-4-5-21-13(12)2-3-14(15)22-16/h2-3,6-8H,4-5H2,1H3,(H,18,20). The number of benzene rings is 1. The van der Waals surface area contributed by atoms with Crippen molar-refractivity contribution in [2.45, 2.75) is 13.3 Å². The van der Waals surface area contributed by atoms with Gasteiger partial charge in [-0.05, 0) is 18.2 Å². The van der Waals surface area contributed by atoms with E-state index in [4.69, 9.17) is 9.72 Å². The molecule has 1 aliphatic rings. The quantitative estimate of drug-likeness (QED) is 0.789. The van der Waals surface area contributed by atoms with Crippen molar-refractivity contribution in [2.24, 2.45) is 0 Å². The number of nitrogens with zero attached hydrogens (tertiary/aromatic N) is 2. The highest BCUT2D eigenvalue weighted by molar-refractivity contribution is 7.21. The van der Waals surface area contributed by atoms with E-state index < -0.39 is 0 Å². The van der Waals surface area contributed by atoms with Crippen molar-refractivity contribution in [3.63, 3.8) is 0 Å². The van der Waals surface area contributed by atoms with Gasteiger partial charge in [-0.3, -0.25) is 9.78 Å². The lowest BCUT2D eigenvalue weighted by atomic mass is 10.1. The Morgan fingerprint density at radius 3 is 3.14 bits per heavy atom. The topological polar surface area (TPSA) is 64.1 Å². The molecule has 0 saturated heterocycles. The second kappa shape index (κ2) is 5.06. The zero-order valence-electron chi connectivity index (χ0n) is 11.9. The Bertz CT molecular complexity index is 888. The first-order valence-electron chi connectivity index (χ1n) is 6.99. The SMILES string of the molecule is CC(=O)Nc1cncc(-c2nc3c4c(ccc3s2)OCC4)c1. The molecular weight excluding hydrogens is 298 g/mol. The number of aromatic nitrogens is 2. The largest absolute Gasteiger partial charge is 0.493 e. The Kier molecular flexibility index (Phi) is 3.04. The molecule has 22 heavy (non-hydrogen) atoms. The minimum Gasteiger partial charge on any atom is -0.493 e. The van der Waals surface area contributed by atoms with Gasteiger partial charge in [-0.15, -0.1) is 11.3 Å². The number of anilines is 1. The van der Waals surface area contributed by atoms with Gasteiger partial charge in [0.25, 0.3) is 0 Å². The van der Waals surface area contributed by atoms with Crippen LogP contribution in [0.2, 0.25) is 0 Å². The fourth-order valence-corrected chi connectivity index (χ4v) is 3.60. The van der Waals surface area contributed by atoms with Gasteiger partial charge >= 0.3 is 0 Å². The van der Waals surface area contributed by atoms with Crippen LogP contribution in [0.1, 0.15) is 12.5 Å². The average Bonchev–Trinajstić information content (AvgIpc) is 3.12. The molecule has 4 rings (SSSR count). The first-order chi connectivity index (χ1) is 10.7. The van der Waals surface area contributed by atoms with Crippen LogP contribution < -0.4 is 10.1 Å². The normalized spacial score (nSPS) is 13.0. The van der Waals surface area contributed by atoms with Crippen LogP contribution >= 0.6 is 11.3 Å². The summed E-state index contributed by atoms with van der Waals surface area (Å²) in [4.78, 5) is 20.1. The summed E-state index contributed by atoms with van der Waals surface area (Å²) in [5, 5.41) is 3.64. The van der Waals surface area contributed by atoms with Crippen molar-refractivity contribution in [2.75, 3.05) is 11.9 Å². The van der Waals surface area contributed by atoms with Gasteiger partial charge in [0.1, 0.15) is 10.8 Å². The van der Waals surface area contributed by atoms with Crippen LogP contribution in [-0.2, 0) is 11.2 Å². The number of pyridine rings is 1. The van der Waals surface area contributed by atoms with E-state index >= 15 is 0 Å². The molecule has 1 aliphatic heterocycles. The van der Waals surface area contributed by atoms with Crippen molar-refractivity contribution in [3.05, 3.63) is 36.2 Å². The van der Waals surface area contributed by atoms with Gasteiger partial charge in [-0.1, -0.05) is 0 Å². The van der Waals surface area contributed by atoms with Crippen LogP contribution in [-0.4, -0.2) is 22.5 Å². The molecule has 0 atom stereocenters. The van der Waals surface area contributed by atoms with Crippen LogP contribution in [0.4, 0.5) is 5.69 Å². The van der Waals surface area contributed by atoms with Crippen LogP contribution in [0.25, 0.3) is 20.8 Å². The summed E-state index contributed by atoms with van der Waals surface area (Å²) in [5.74, 6) is 0.827. The van der Waals surface area contributed by atoms with Gasteiger partial charge in [0.2, 0.25) is 5.91 Å². The molecule has 3 aromatic rings. The van der Waals surface area contributed by atoms with Crippen molar-refractivity contribution >= 4 is 33.1 Å². The monoisotopic (exact) mass is 311 g/mol. The number of carbonyl (C=O) groups is 1. The molecule has 6 heteroatoms. The first kappa shape index (κ1) is 13.2. The Labute approximate surface area is 131 Å². The summed E-state index contributed by atoms with van der Waals surface area (Å²) < 4.78 is 6.73. The van der Waals surface area contributed by atoms with Crippen LogP contribution in [0, 0.1) is 0 Å². The van der Waals surface area contributed by atoms with Gasteiger partial charge in [-0.25, -0.2) is 4.98 Å². The molecule has 0 radical (unpaired) electrons. The lowest BCUT2D eigenvalue weighted by molar-refractivity contribution is -0.114. The zero-order valence-corrected chi connectivity index (χ0v) is 12.7. The molecule has 0 bridgehead atoms. The van der Waals surface area contributed by atoms with Gasteiger partial charge in [0.05, 0.1) is 28.7 Å². The Morgan fingerprint density at radius 1 is 1.36 bits per heavy atom. The van der Waals surface area contributed by atoms with Gasteiger partial charge in [0.15, 0.2) is 0 Å². The summed E-state index contributed by atoms with van der Waals surface area (Å²) in [6, 6.07) is 5.95. The summed E-state index contributed by atoms with van der Waals surface area (Å²) in [5.41, 5.74) is 3.78. The number of nitrogens with one attached hydrogen (secondary N) is 1. The molecule has 1 N–H and O–H groups in total. The summed E-state index contributed by atoms with van der Waals surface area (Å²) in [6.45, 7) is 2.20. The molecule has 2 aromatic heterocycles. The number of carbonyl (C=O) groups excluding carboxylic acids is 1. The van der Waals surface area contributed by atoms with Crippen LogP contribution in [0.3, 0.4) is 0 Å². The average molecular weight is 311 g/mol.